The van der Waals surface area contributed by atoms with Gasteiger partial charge in [0.2, 0.25) is 0 Å². The summed E-state index contributed by atoms with van der Waals surface area (Å²) in [7, 11) is 0. The fraction of sp³-hybridized carbons (Fsp3) is 1.00. The van der Waals surface area contributed by atoms with Crippen LogP contribution in [0.1, 0.15) is 27.7 Å². The summed E-state index contributed by atoms with van der Waals surface area (Å²) in [6, 6.07) is -0.225. The molecule has 0 rings (SSSR count). The number of hydrogen-bond donors (Lipinski definition) is 1. The summed E-state index contributed by atoms with van der Waals surface area (Å²) >= 11 is 0. The molecule has 0 aromatic heterocycles. The number of ether oxygens (including phenoxy) is 3. The molecule has 0 radical (unpaired) electrons. The molecule has 0 bridgehead atoms. The van der Waals surface area contributed by atoms with Gasteiger partial charge in [-0.05, 0) is 27.7 Å². The molecular weight excluding hydrogens is 182 g/mol. The highest BCUT2D eigenvalue weighted by Crippen LogP contribution is 2.02. The fourth-order valence-corrected chi connectivity index (χ4v) is 1.01. The molecule has 1 atom stereocenters. The number of nitrogens with two attached hydrogens (primary N) is 1. The van der Waals surface area contributed by atoms with E-state index in [4.69, 9.17) is 19.9 Å². The van der Waals surface area contributed by atoms with Gasteiger partial charge in [0.25, 0.3) is 0 Å². The van der Waals surface area contributed by atoms with E-state index < -0.39 is 0 Å². The first-order chi connectivity index (χ1) is 6.61. The summed E-state index contributed by atoms with van der Waals surface area (Å²) in [5.74, 6) is 0. The van der Waals surface area contributed by atoms with Gasteiger partial charge in [-0.1, -0.05) is 0 Å². The van der Waals surface area contributed by atoms with Gasteiger partial charge >= 0.3 is 0 Å². The zero-order valence-electron chi connectivity index (χ0n) is 9.66. The average Bonchev–Trinajstić information content (AvgIpc) is 2.14. The van der Waals surface area contributed by atoms with Crippen molar-refractivity contribution in [3.05, 3.63) is 0 Å². The maximum absolute atomic E-state index is 5.86. The monoisotopic (exact) mass is 205 g/mol. The fourth-order valence-electron chi connectivity index (χ4n) is 1.01. The van der Waals surface area contributed by atoms with Gasteiger partial charge in [0.1, 0.15) is 0 Å². The lowest BCUT2D eigenvalue weighted by atomic mass is 10.3. The van der Waals surface area contributed by atoms with E-state index in [1.807, 2.05) is 27.7 Å². The molecule has 0 heterocycles. The van der Waals surface area contributed by atoms with Crippen LogP contribution in [0.3, 0.4) is 0 Å². The lowest BCUT2D eigenvalue weighted by Gasteiger charge is -2.24. The van der Waals surface area contributed by atoms with Crippen LogP contribution in [0.25, 0.3) is 0 Å². The minimum atomic E-state index is -0.358. The molecule has 0 fully saturated rings. The Morgan fingerprint density at radius 3 is 1.86 bits per heavy atom. The van der Waals surface area contributed by atoms with E-state index in [-0.39, 0.29) is 18.4 Å². The molecule has 0 aliphatic carbocycles. The van der Waals surface area contributed by atoms with Gasteiger partial charge < -0.3 is 19.9 Å². The van der Waals surface area contributed by atoms with Gasteiger partial charge in [-0.3, -0.25) is 0 Å². The minimum Gasteiger partial charge on any atom is -0.377 e. The summed E-state index contributed by atoms with van der Waals surface area (Å²) in [5.41, 5.74) is 5.86. The normalized spacial score (nSPS) is 13.9. The van der Waals surface area contributed by atoms with Crippen molar-refractivity contribution in [3.8, 4) is 0 Å². The van der Waals surface area contributed by atoms with Gasteiger partial charge in [0, 0.05) is 13.2 Å². The third-order valence-corrected chi connectivity index (χ3v) is 1.63. The predicted molar refractivity (Wildman–Crippen MR) is 56.1 cm³/mol. The third kappa shape index (κ3) is 6.32. The molecule has 1 unspecified atom stereocenters. The van der Waals surface area contributed by atoms with E-state index in [1.165, 1.54) is 0 Å². The van der Waals surface area contributed by atoms with E-state index in [2.05, 4.69) is 0 Å². The van der Waals surface area contributed by atoms with Crippen molar-refractivity contribution in [1.82, 2.24) is 0 Å². The standard InChI is InChI=1S/C10H23NO3/c1-5-12-10(13-6-2)9(11)7-14-8(3)4/h8-10H,5-7,11H2,1-4H3. The summed E-state index contributed by atoms with van der Waals surface area (Å²) in [5, 5.41) is 0. The van der Waals surface area contributed by atoms with E-state index >= 15 is 0 Å². The second-order valence-electron chi connectivity index (χ2n) is 3.33. The highest BCUT2D eigenvalue weighted by molar-refractivity contribution is 4.65. The molecule has 0 spiro atoms. The van der Waals surface area contributed by atoms with Crippen LogP contribution in [0.5, 0.6) is 0 Å². The molecule has 0 aliphatic rings. The first-order valence-electron chi connectivity index (χ1n) is 5.22. The second-order valence-corrected chi connectivity index (χ2v) is 3.33. The summed E-state index contributed by atoms with van der Waals surface area (Å²) < 4.78 is 16.1. The van der Waals surface area contributed by atoms with E-state index in [0.717, 1.165) is 0 Å². The Balaban J connectivity index is 3.81. The van der Waals surface area contributed by atoms with Crippen molar-refractivity contribution in [2.24, 2.45) is 5.73 Å². The first-order valence-corrected chi connectivity index (χ1v) is 5.22. The van der Waals surface area contributed by atoms with Crippen molar-refractivity contribution in [2.75, 3.05) is 19.8 Å². The second kappa shape index (κ2) is 8.17. The van der Waals surface area contributed by atoms with Crippen LogP contribution in [0, 0.1) is 0 Å². The van der Waals surface area contributed by atoms with Crippen molar-refractivity contribution < 1.29 is 14.2 Å². The zero-order valence-corrected chi connectivity index (χ0v) is 9.66. The van der Waals surface area contributed by atoms with Crippen molar-refractivity contribution in [3.63, 3.8) is 0 Å². The van der Waals surface area contributed by atoms with Crippen molar-refractivity contribution in [2.45, 2.75) is 46.1 Å². The smallest absolute Gasteiger partial charge is 0.174 e. The van der Waals surface area contributed by atoms with Gasteiger partial charge in [-0.2, -0.15) is 0 Å². The van der Waals surface area contributed by atoms with E-state index in [1.54, 1.807) is 0 Å². The van der Waals surface area contributed by atoms with Crippen molar-refractivity contribution in [1.29, 1.82) is 0 Å². The Morgan fingerprint density at radius 2 is 1.50 bits per heavy atom. The van der Waals surface area contributed by atoms with Crippen LogP contribution in [0.2, 0.25) is 0 Å². The Hall–Kier alpha value is -0.160. The first kappa shape index (κ1) is 13.8. The number of hydrogen-bond acceptors (Lipinski definition) is 4. The Morgan fingerprint density at radius 1 is 1.00 bits per heavy atom. The van der Waals surface area contributed by atoms with Gasteiger partial charge in [-0.25, -0.2) is 0 Å². The van der Waals surface area contributed by atoms with E-state index in [0.29, 0.717) is 19.8 Å². The molecule has 0 saturated carbocycles. The maximum Gasteiger partial charge on any atom is 0.174 e. The van der Waals surface area contributed by atoms with Crippen LogP contribution in [0.15, 0.2) is 0 Å². The Bertz CT molecular complexity index is 125. The van der Waals surface area contributed by atoms with E-state index in [9.17, 15) is 0 Å². The van der Waals surface area contributed by atoms with Crippen LogP contribution in [-0.4, -0.2) is 38.3 Å². The largest absolute Gasteiger partial charge is 0.377 e. The molecular formula is C10H23NO3. The quantitative estimate of drug-likeness (QED) is 0.604. The van der Waals surface area contributed by atoms with Crippen LogP contribution in [-0.2, 0) is 14.2 Å². The Labute approximate surface area is 86.7 Å². The third-order valence-electron chi connectivity index (χ3n) is 1.63. The molecule has 0 amide bonds. The molecule has 2 N–H and O–H groups in total. The highest BCUT2D eigenvalue weighted by atomic mass is 16.7. The lowest BCUT2D eigenvalue weighted by Crippen LogP contribution is -2.43. The predicted octanol–water partition coefficient (Wildman–Crippen LogP) is 1.14. The highest BCUT2D eigenvalue weighted by Gasteiger charge is 2.18. The summed E-state index contributed by atoms with van der Waals surface area (Å²) in [4.78, 5) is 0. The molecule has 0 aromatic rings. The average molecular weight is 205 g/mol. The van der Waals surface area contributed by atoms with Gasteiger partial charge in [0.05, 0.1) is 18.8 Å². The molecule has 4 nitrogen and oxygen atoms in total. The summed E-state index contributed by atoms with van der Waals surface area (Å²) in [6.07, 6.45) is -0.172. The minimum absolute atomic E-state index is 0.185. The molecule has 0 aliphatic heterocycles. The topological polar surface area (TPSA) is 53.7 Å². The molecule has 0 aromatic carbocycles. The molecule has 14 heavy (non-hydrogen) atoms. The van der Waals surface area contributed by atoms with Gasteiger partial charge in [-0.15, -0.1) is 0 Å². The number of rotatable bonds is 8. The SMILES string of the molecule is CCOC(OCC)C(N)COC(C)C. The van der Waals surface area contributed by atoms with Gasteiger partial charge in [0.15, 0.2) is 6.29 Å². The van der Waals surface area contributed by atoms with Crippen LogP contribution >= 0.6 is 0 Å². The maximum atomic E-state index is 5.86. The van der Waals surface area contributed by atoms with Crippen LogP contribution < -0.4 is 5.73 Å². The van der Waals surface area contributed by atoms with Crippen molar-refractivity contribution >= 4 is 0 Å². The Kier molecular flexibility index (Phi) is 8.08. The van der Waals surface area contributed by atoms with Crippen LogP contribution in [0.4, 0.5) is 0 Å². The lowest BCUT2D eigenvalue weighted by molar-refractivity contribution is -0.158. The summed E-state index contributed by atoms with van der Waals surface area (Å²) in [6.45, 7) is 9.44. The molecule has 4 heteroatoms. The zero-order chi connectivity index (χ0) is 11.0. The molecule has 0 saturated heterocycles. The molecule has 86 valence electrons.